The van der Waals surface area contributed by atoms with Crippen molar-refractivity contribution < 1.29 is 0 Å². The molecule has 0 amide bonds. The first-order valence-corrected chi connectivity index (χ1v) is 8.99. The molecular weight excluding hydrogens is 453 g/mol. The molecule has 1 aromatic heterocycles. The van der Waals surface area contributed by atoms with Crippen molar-refractivity contribution in [3.05, 3.63) is 64.1 Å². The normalized spacial score (nSPS) is 11.4. The molecule has 0 bridgehead atoms. The van der Waals surface area contributed by atoms with E-state index in [-0.39, 0.29) is 29.7 Å². The van der Waals surface area contributed by atoms with Crippen LogP contribution in [0.5, 0.6) is 0 Å². The molecule has 0 aliphatic heterocycles. The van der Waals surface area contributed by atoms with Crippen LogP contribution in [0.3, 0.4) is 0 Å². The molecule has 144 valence electrons. The van der Waals surface area contributed by atoms with Gasteiger partial charge >= 0.3 is 5.69 Å². The maximum absolute atomic E-state index is 12.1. The number of aryl methyl sites for hydroxylation is 2. The fraction of sp³-hybridized carbons (Fsp3) is 0.300. The lowest BCUT2D eigenvalue weighted by molar-refractivity contribution is 0.703. The number of benzene rings is 2. The molecule has 2 aromatic carbocycles. The number of aliphatic imine (C=N–C) groups is 1. The Morgan fingerprint density at radius 3 is 2.44 bits per heavy atom. The Balaban J connectivity index is 0.00000261. The van der Waals surface area contributed by atoms with E-state index in [0.717, 1.165) is 29.6 Å². The monoisotopic (exact) mass is 479 g/mol. The second kappa shape index (κ2) is 9.59. The standard InChI is InChI=1S/C20H25N5O.HI/c1-3-14-8-7-9-15(4-2)18(14)24-19(21)22-12-13-25-17-11-6-5-10-16(17)23-20(25)26;/h5-11H,3-4,12-13H2,1-2H3,(H,23,26)(H3,21,22,24);1H. The topological polar surface area (TPSA) is 88.2 Å². The summed E-state index contributed by atoms with van der Waals surface area (Å²) in [6.45, 7) is 5.14. The third-order valence-electron chi connectivity index (χ3n) is 4.54. The van der Waals surface area contributed by atoms with Crippen LogP contribution < -0.4 is 16.7 Å². The first-order chi connectivity index (χ1) is 12.6. The highest BCUT2D eigenvalue weighted by Crippen LogP contribution is 2.22. The van der Waals surface area contributed by atoms with Crippen molar-refractivity contribution in [2.45, 2.75) is 33.2 Å². The van der Waals surface area contributed by atoms with Crippen LogP contribution in [-0.4, -0.2) is 22.1 Å². The van der Waals surface area contributed by atoms with E-state index in [2.05, 4.69) is 47.3 Å². The average molecular weight is 479 g/mol. The highest BCUT2D eigenvalue weighted by Gasteiger charge is 2.08. The van der Waals surface area contributed by atoms with Gasteiger partial charge in [-0.15, -0.1) is 24.0 Å². The summed E-state index contributed by atoms with van der Waals surface area (Å²) in [5.74, 6) is 0.369. The molecule has 0 saturated carbocycles. The van der Waals surface area contributed by atoms with Gasteiger partial charge in [0.2, 0.25) is 0 Å². The Morgan fingerprint density at radius 1 is 1.11 bits per heavy atom. The Hall–Kier alpha value is -2.29. The third kappa shape index (κ3) is 4.71. The molecule has 7 heteroatoms. The zero-order valence-corrected chi connectivity index (χ0v) is 18.0. The largest absolute Gasteiger partial charge is 0.370 e. The van der Waals surface area contributed by atoms with Crippen LogP contribution in [0, 0.1) is 0 Å². The number of nitrogens with one attached hydrogen (secondary N) is 2. The first-order valence-electron chi connectivity index (χ1n) is 8.99. The van der Waals surface area contributed by atoms with Gasteiger partial charge in [0.15, 0.2) is 5.96 Å². The minimum atomic E-state index is -0.127. The van der Waals surface area contributed by atoms with E-state index in [0.29, 0.717) is 19.0 Å². The zero-order valence-electron chi connectivity index (χ0n) is 15.7. The number of hydrogen-bond donors (Lipinski definition) is 3. The summed E-state index contributed by atoms with van der Waals surface area (Å²) < 4.78 is 1.68. The molecule has 0 radical (unpaired) electrons. The molecule has 0 aliphatic rings. The molecule has 6 nitrogen and oxygen atoms in total. The van der Waals surface area contributed by atoms with Crippen molar-refractivity contribution in [2.24, 2.45) is 10.7 Å². The van der Waals surface area contributed by atoms with Crippen LogP contribution in [0.15, 0.2) is 52.3 Å². The number of fused-ring (bicyclic) bond motifs is 1. The van der Waals surface area contributed by atoms with Crippen molar-refractivity contribution in [3.63, 3.8) is 0 Å². The summed E-state index contributed by atoms with van der Waals surface area (Å²) in [5.41, 5.74) is 11.1. The number of aromatic nitrogens is 2. The van der Waals surface area contributed by atoms with Gasteiger partial charge in [-0.1, -0.05) is 44.2 Å². The molecule has 1 heterocycles. The highest BCUT2D eigenvalue weighted by molar-refractivity contribution is 14.0. The van der Waals surface area contributed by atoms with Crippen LogP contribution >= 0.6 is 24.0 Å². The van der Waals surface area contributed by atoms with E-state index < -0.39 is 0 Å². The maximum atomic E-state index is 12.1. The number of halogens is 1. The number of imidazole rings is 1. The Kier molecular flexibility index (Phi) is 7.46. The molecule has 0 unspecified atom stereocenters. The van der Waals surface area contributed by atoms with Gasteiger partial charge in [0, 0.05) is 12.2 Å². The van der Waals surface area contributed by atoms with Crippen LogP contribution in [0.2, 0.25) is 0 Å². The summed E-state index contributed by atoms with van der Waals surface area (Å²) in [6, 6.07) is 13.9. The summed E-state index contributed by atoms with van der Waals surface area (Å²) in [5, 5.41) is 3.25. The number of H-pyrrole nitrogens is 1. The van der Waals surface area contributed by atoms with E-state index in [1.807, 2.05) is 24.3 Å². The van der Waals surface area contributed by atoms with Gasteiger partial charge in [-0.05, 0) is 36.1 Å². The lowest BCUT2D eigenvalue weighted by atomic mass is 10.0. The summed E-state index contributed by atoms with van der Waals surface area (Å²) in [6.07, 6.45) is 1.85. The Bertz CT molecular complexity index is 967. The number of rotatable bonds is 6. The average Bonchev–Trinajstić information content (AvgIpc) is 2.97. The predicted molar refractivity (Wildman–Crippen MR) is 123 cm³/mol. The number of guanidine groups is 1. The van der Waals surface area contributed by atoms with Gasteiger partial charge in [-0.2, -0.15) is 0 Å². The van der Waals surface area contributed by atoms with Crippen molar-refractivity contribution >= 4 is 46.7 Å². The molecule has 0 aliphatic carbocycles. The number of para-hydroxylation sites is 3. The van der Waals surface area contributed by atoms with Crippen molar-refractivity contribution in [2.75, 3.05) is 11.9 Å². The maximum Gasteiger partial charge on any atom is 0.326 e. The van der Waals surface area contributed by atoms with Gasteiger partial charge in [-0.3, -0.25) is 9.56 Å². The molecule has 0 fully saturated rings. The number of nitrogens with two attached hydrogens (primary N) is 1. The highest BCUT2D eigenvalue weighted by atomic mass is 127. The molecular formula is C20H26IN5O. The lowest BCUT2D eigenvalue weighted by Crippen LogP contribution is -2.25. The molecule has 27 heavy (non-hydrogen) atoms. The number of nitrogens with zero attached hydrogens (tertiary/aromatic N) is 2. The van der Waals surface area contributed by atoms with E-state index in [1.165, 1.54) is 11.1 Å². The van der Waals surface area contributed by atoms with E-state index >= 15 is 0 Å². The van der Waals surface area contributed by atoms with Crippen LogP contribution in [0.25, 0.3) is 11.0 Å². The molecule has 0 atom stereocenters. The number of aromatic amines is 1. The van der Waals surface area contributed by atoms with Crippen LogP contribution in [0.4, 0.5) is 5.69 Å². The number of anilines is 1. The quantitative estimate of drug-likeness (QED) is 0.287. The van der Waals surface area contributed by atoms with E-state index in [4.69, 9.17) is 5.73 Å². The first kappa shape index (κ1) is 21.0. The zero-order chi connectivity index (χ0) is 18.5. The van der Waals surface area contributed by atoms with E-state index in [1.54, 1.807) is 4.57 Å². The molecule has 0 saturated heterocycles. The lowest BCUT2D eigenvalue weighted by Gasteiger charge is -2.14. The minimum absolute atomic E-state index is 0. The van der Waals surface area contributed by atoms with Crippen LogP contribution in [-0.2, 0) is 19.4 Å². The van der Waals surface area contributed by atoms with Gasteiger partial charge in [0.1, 0.15) is 0 Å². The van der Waals surface area contributed by atoms with Crippen molar-refractivity contribution in [1.29, 1.82) is 0 Å². The second-order valence-electron chi connectivity index (χ2n) is 6.15. The molecule has 4 N–H and O–H groups in total. The summed E-state index contributed by atoms with van der Waals surface area (Å²) >= 11 is 0. The van der Waals surface area contributed by atoms with Crippen molar-refractivity contribution in [3.8, 4) is 0 Å². The summed E-state index contributed by atoms with van der Waals surface area (Å²) in [4.78, 5) is 19.3. The Labute approximate surface area is 175 Å². The SMILES string of the molecule is CCc1cccc(CC)c1NC(N)=NCCn1c(=O)[nH]c2ccccc21.I. The van der Waals surface area contributed by atoms with E-state index in [9.17, 15) is 4.79 Å². The minimum Gasteiger partial charge on any atom is -0.370 e. The fourth-order valence-electron chi connectivity index (χ4n) is 3.17. The number of hydrogen-bond acceptors (Lipinski definition) is 2. The molecule has 3 rings (SSSR count). The van der Waals surface area contributed by atoms with Gasteiger partial charge in [0.05, 0.1) is 17.6 Å². The second-order valence-corrected chi connectivity index (χ2v) is 6.15. The predicted octanol–water partition coefficient (Wildman–Crippen LogP) is 3.50. The molecule has 0 spiro atoms. The molecule has 3 aromatic rings. The summed E-state index contributed by atoms with van der Waals surface area (Å²) in [7, 11) is 0. The smallest absolute Gasteiger partial charge is 0.326 e. The fourth-order valence-corrected chi connectivity index (χ4v) is 3.17. The van der Waals surface area contributed by atoms with Gasteiger partial charge in [-0.25, -0.2) is 4.79 Å². The van der Waals surface area contributed by atoms with Crippen LogP contribution in [0.1, 0.15) is 25.0 Å². The third-order valence-corrected chi connectivity index (χ3v) is 4.54. The van der Waals surface area contributed by atoms with Crippen molar-refractivity contribution in [1.82, 2.24) is 9.55 Å². The van der Waals surface area contributed by atoms with Gasteiger partial charge in [0.25, 0.3) is 0 Å². The van der Waals surface area contributed by atoms with Gasteiger partial charge < -0.3 is 16.0 Å². The Morgan fingerprint density at radius 2 is 1.78 bits per heavy atom.